The van der Waals surface area contributed by atoms with E-state index in [9.17, 15) is 9.90 Å². The summed E-state index contributed by atoms with van der Waals surface area (Å²) in [6, 6.07) is 7.25. The smallest absolute Gasteiger partial charge is 0.344 e. The van der Waals surface area contributed by atoms with Crippen molar-refractivity contribution >= 4 is 11.7 Å². The van der Waals surface area contributed by atoms with Crippen molar-refractivity contribution in [2.45, 2.75) is 38.1 Å². The second-order valence-corrected chi connectivity index (χ2v) is 8.52. The highest BCUT2D eigenvalue weighted by Gasteiger charge is 2.44. The van der Waals surface area contributed by atoms with Gasteiger partial charge in [-0.05, 0) is 36.8 Å². The van der Waals surface area contributed by atoms with Crippen LogP contribution in [0.1, 0.15) is 35.1 Å². The zero-order chi connectivity index (χ0) is 24.0. The van der Waals surface area contributed by atoms with Crippen molar-refractivity contribution in [1.29, 1.82) is 0 Å². The van der Waals surface area contributed by atoms with Crippen LogP contribution in [0.5, 0.6) is 23.0 Å². The van der Waals surface area contributed by atoms with Gasteiger partial charge in [0.05, 0.1) is 19.6 Å². The van der Waals surface area contributed by atoms with Crippen LogP contribution in [-0.4, -0.2) is 54.4 Å². The van der Waals surface area contributed by atoms with Crippen LogP contribution in [0.4, 0.5) is 0 Å². The molecule has 0 unspecified atom stereocenters. The van der Waals surface area contributed by atoms with Crippen LogP contribution < -0.4 is 18.9 Å². The normalized spacial score (nSPS) is 22.8. The molecule has 3 aliphatic rings. The number of hydrogen-bond donors (Lipinski definition) is 2. The summed E-state index contributed by atoms with van der Waals surface area (Å²) in [5.74, 6) is 0.920. The summed E-state index contributed by atoms with van der Waals surface area (Å²) in [5, 5.41) is 23.0. The van der Waals surface area contributed by atoms with Crippen LogP contribution in [0.3, 0.4) is 0 Å². The number of aliphatic hydroxyl groups is 1. The van der Waals surface area contributed by atoms with Crippen LogP contribution in [0, 0.1) is 0 Å². The summed E-state index contributed by atoms with van der Waals surface area (Å²) in [4.78, 5) is 16.3. The Hall–Kier alpha value is -3.72. The molecule has 5 rings (SSSR count). The molecule has 0 bridgehead atoms. The highest BCUT2D eigenvalue weighted by atomic mass is 16.6. The van der Waals surface area contributed by atoms with Crippen molar-refractivity contribution in [2.24, 2.45) is 5.16 Å². The minimum absolute atomic E-state index is 0.143. The number of aliphatic carboxylic acids is 1. The number of methoxy groups -OCH3 is 1. The number of aliphatic hydroxyl groups excluding tert-OH is 1. The molecule has 0 fully saturated rings. The number of nitrogens with zero attached hydrogens (tertiary/aromatic N) is 1. The third-order valence-corrected chi connectivity index (χ3v) is 6.31. The molecule has 9 heteroatoms. The van der Waals surface area contributed by atoms with Crippen molar-refractivity contribution in [3.05, 3.63) is 58.7 Å². The van der Waals surface area contributed by atoms with E-state index in [0.717, 1.165) is 22.4 Å². The molecule has 0 radical (unpaired) electrons. The standard InChI is InChI=1S/C25H25NO8/c1-12(2)18-8-16-17(33-18)5-4-14-24(26-32-11-22(28)29)23-15-7-19(30-3)13(9-27)6-20(15)31-10-21(23)34-25(14)16/h4-7,18,21,23,27H,1,8-11H2,2-3H3,(H,28,29)/b26-24+/t18-,21-,23+/m1/s1. The van der Waals surface area contributed by atoms with Gasteiger partial charge in [0.2, 0.25) is 6.61 Å². The number of oxime groups is 1. The summed E-state index contributed by atoms with van der Waals surface area (Å²) >= 11 is 0. The second-order valence-electron chi connectivity index (χ2n) is 8.52. The lowest BCUT2D eigenvalue weighted by atomic mass is 9.80. The van der Waals surface area contributed by atoms with Gasteiger partial charge in [0.15, 0.2) is 0 Å². The fourth-order valence-corrected chi connectivity index (χ4v) is 4.68. The van der Waals surface area contributed by atoms with E-state index in [2.05, 4.69) is 11.7 Å². The van der Waals surface area contributed by atoms with Gasteiger partial charge in [-0.3, -0.25) is 0 Å². The van der Waals surface area contributed by atoms with Gasteiger partial charge in [-0.25, -0.2) is 4.79 Å². The quantitative estimate of drug-likeness (QED) is 0.492. The van der Waals surface area contributed by atoms with Crippen LogP contribution in [0.25, 0.3) is 0 Å². The maximum Gasteiger partial charge on any atom is 0.344 e. The van der Waals surface area contributed by atoms with Gasteiger partial charge in [-0.1, -0.05) is 11.7 Å². The Morgan fingerprint density at radius 3 is 2.79 bits per heavy atom. The molecule has 2 aromatic carbocycles. The third kappa shape index (κ3) is 3.62. The second kappa shape index (κ2) is 8.57. The molecule has 9 nitrogen and oxygen atoms in total. The predicted octanol–water partition coefficient (Wildman–Crippen LogP) is 2.81. The zero-order valence-corrected chi connectivity index (χ0v) is 18.9. The van der Waals surface area contributed by atoms with E-state index < -0.39 is 24.6 Å². The molecular weight excluding hydrogens is 442 g/mol. The number of rotatable bonds is 6. The van der Waals surface area contributed by atoms with Crippen LogP contribution in [0.15, 0.2) is 41.6 Å². The van der Waals surface area contributed by atoms with Gasteiger partial charge in [0.25, 0.3) is 0 Å². The average Bonchev–Trinajstić information content (AvgIpc) is 3.27. The van der Waals surface area contributed by atoms with Crippen molar-refractivity contribution in [1.82, 2.24) is 0 Å². The first-order valence-corrected chi connectivity index (χ1v) is 10.9. The minimum atomic E-state index is -1.12. The van der Waals surface area contributed by atoms with E-state index in [4.69, 9.17) is 28.9 Å². The lowest BCUT2D eigenvalue weighted by molar-refractivity contribution is -0.142. The number of carbonyl (C=O) groups is 1. The summed E-state index contributed by atoms with van der Waals surface area (Å²) < 4.78 is 24.0. The zero-order valence-electron chi connectivity index (χ0n) is 18.9. The van der Waals surface area contributed by atoms with E-state index in [-0.39, 0.29) is 19.3 Å². The number of ether oxygens (including phenoxy) is 4. The molecule has 178 valence electrons. The Morgan fingerprint density at radius 2 is 2.09 bits per heavy atom. The number of carboxylic acid groups (broad SMARTS) is 1. The first-order valence-electron chi connectivity index (χ1n) is 10.9. The van der Waals surface area contributed by atoms with E-state index in [1.807, 2.05) is 19.1 Å². The average molecular weight is 467 g/mol. The lowest BCUT2D eigenvalue weighted by Crippen LogP contribution is -2.43. The molecule has 0 saturated carbocycles. The minimum Gasteiger partial charge on any atom is -0.496 e. The Balaban J connectivity index is 1.64. The van der Waals surface area contributed by atoms with Crippen LogP contribution >= 0.6 is 0 Å². The Kier molecular flexibility index (Phi) is 5.57. The SMILES string of the molecule is C=C(C)[C@H]1Cc2c(ccc3c2O[C@@H]2COc4cc(CO)c(OC)cc4[C@@H]2/C3=N/OCC(=O)O)O1. The Labute approximate surface area is 196 Å². The van der Waals surface area contributed by atoms with Gasteiger partial charge in [-0.15, -0.1) is 0 Å². The number of fused-ring (bicyclic) bond motifs is 6. The maximum absolute atomic E-state index is 11.1. The van der Waals surface area contributed by atoms with Gasteiger partial charge in [0, 0.05) is 28.7 Å². The monoisotopic (exact) mass is 467 g/mol. The third-order valence-electron chi connectivity index (χ3n) is 6.31. The van der Waals surface area contributed by atoms with Gasteiger partial charge in [-0.2, -0.15) is 0 Å². The molecule has 3 heterocycles. The molecule has 0 aliphatic carbocycles. The van der Waals surface area contributed by atoms with E-state index in [0.29, 0.717) is 40.5 Å². The van der Waals surface area contributed by atoms with Gasteiger partial charge in [0.1, 0.15) is 47.5 Å². The summed E-state index contributed by atoms with van der Waals surface area (Å²) in [6.45, 7) is 5.40. The molecule has 2 aromatic rings. The van der Waals surface area contributed by atoms with Crippen molar-refractivity contribution in [3.8, 4) is 23.0 Å². The van der Waals surface area contributed by atoms with Crippen molar-refractivity contribution in [2.75, 3.05) is 20.3 Å². The first kappa shape index (κ1) is 22.1. The molecule has 34 heavy (non-hydrogen) atoms. The highest BCUT2D eigenvalue weighted by Crippen LogP contribution is 2.49. The first-order chi connectivity index (χ1) is 16.4. The summed E-state index contributed by atoms with van der Waals surface area (Å²) in [7, 11) is 1.53. The molecule has 2 N–H and O–H groups in total. The fourth-order valence-electron chi connectivity index (χ4n) is 4.68. The molecular formula is C25H25NO8. The van der Waals surface area contributed by atoms with Crippen LogP contribution in [-0.2, 0) is 22.7 Å². The number of benzene rings is 2. The summed E-state index contributed by atoms with van der Waals surface area (Å²) in [6.07, 6.45) is 0.0304. The largest absolute Gasteiger partial charge is 0.496 e. The molecule has 0 amide bonds. The van der Waals surface area contributed by atoms with Gasteiger partial charge < -0.3 is 34.0 Å². The molecule has 0 spiro atoms. The van der Waals surface area contributed by atoms with Crippen molar-refractivity contribution < 1.29 is 38.8 Å². The predicted molar refractivity (Wildman–Crippen MR) is 121 cm³/mol. The molecule has 3 atom stereocenters. The molecule has 3 aliphatic heterocycles. The topological polar surface area (TPSA) is 116 Å². The summed E-state index contributed by atoms with van der Waals surface area (Å²) in [5.41, 5.74) is 4.42. The fraction of sp³-hybridized carbons (Fsp3) is 0.360. The molecule has 0 aromatic heterocycles. The Bertz CT molecular complexity index is 1200. The molecule has 0 saturated heterocycles. The van der Waals surface area contributed by atoms with E-state index >= 15 is 0 Å². The van der Waals surface area contributed by atoms with Gasteiger partial charge >= 0.3 is 5.97 Å². The maximum atomic E-state index is 11.1. The lowest BCUT2D eigenvalue weighted by Gasteiger charge is -2.39. The van der Waals surface area contributed by atoms with E-state index in [1.54, 1.807) is 12.1 Å². The van der Waals surface area contributed by atoms with Crippen molar-refractivity contribution in [3.63, 3.8) is 0 Å². The number of hydrogen-bond acceptors (Lipinski definition) is 8. The van der Waals surface area contributed by atoms with Crippen LogP contribution in [0.2, 0.25) is 0 Å². The number of carboxylic acids is 1. The Morgan fingerprint density at radius 1 is 1.26 bits per heavy atom. The highest BCUT2D eigenvalue weighted by molar-refractivity contribution is 6.09. The van der Waals surface area contributed by atoms with E-state index in [1.165, 1.54) is 7.11 Å².